The highest BCUT2D eigenvalue weighted by Crippen LogP contribution is 2.26. The lowest BCUT2D eigenvalue weighted by Gasteiger charge is -2.10. The molecule has 0 bridgehead atoms. The van der Waals surface area contributed by atoms with Crippen LogP contribution in [0.4, 0.5) is 5.69 Å². The van der Waals surface area contributed by atoms with E-state index in [0.29, 0.717) is 10.2 Å². The molecule has 2 aromatic rings. The summed E-state index contributed by atoms with van der Waals surface area (Å²) in [7, 11) is 0. The topological polar surface area (TPSA) is 62.2 Å². The number of aromatic nitrogens is 1. The molecule has 0 atom stereocenters. The van der Waals surface area contributed by atoms with Crippen molar-refractivity contribution in [3.8, 4) is 5.75 Å². The van der Waals surface area contributed by atoms with Crippen LogP contribution < -0.4 is 5.32 Å². The average molecular weight is 342 g/mol. The van der Waals surface area contributed by atoms with E-state index in [-0.39, 0.29) is 16.5 Å². The molecule has 1 amide bonds. The SMILES string of the molecule is Cc1ccnc(Cl)c1NC(=O)c1cc(Br)ccc1O. The van der Waals surface area contributed by atoms with Gasteiger partial charge in [0.2, 0.25) is 0 Å². The maximum Gasteiger partial charge on any atom is 0.259 e. The third-order valence-corrected chi connectivity index (χ3v) is 3.33. The Kier molecular flexibility index (Phi) is 4.07. The minimum Gasteiger partial charge on any atom is -0.507 e. The van der Waals surface area contributed by atoms with Crippen LogP contribution in [0.3, 0.4) is 0 Å². The highest BCUT2D eigenvalue weighted by molar-refractivity contribution is 9.10. The number of pyridine rings is 1. The number of aryl methyl sites for hydroxylation is 1. The molecule has 2 rings (SSSR count). The average Bonchev–Trinajstić information content (AvgIpc) is 2.37. The number of phenolic OH excluding ortho intramolecular Hbond substituents is 1. The molecule has 1 aromatic heterocycles. The van der Waals surface area contributed by atoms with Crippen molar-refractivity contribution in [2.24, 2.45) is 0 Å². The summed E-state index contributed by atoms with van der Waals surface area (Å²) in [4.78, 5) is 16.0. The first kappa shape index (κ1) is 13.8. The molecule has 1 heterocycles. The van der Waals surface area contributed by atoms with E-state index in [1.165, 1.54) is 12.1 Å². The molecule has 6 heteroatoms. The van der Waals surface area contributed by atoms with E-state index in [2.05, 4.69) is 26.2 Å². The van der Waals surface area contributed by atoms with Gasteiger partial charge in [0.25, 0.3) is 5.91 Å². The summed E-state index contributed by atoms with van der Waals surface area (Å²) < 4.78 is 0.699. The number of hydrogen-bond donors (Lipinski definition) is 2. The van der Waals surface area contributed by atoms with Crippen molar-refractivity contribution in [2.75, 3.05) is 5.32 Å². The molecule has 0 unspecified atom stereocenters. The summed E-state index contributed by atoms with van der Waals surface area (Å²) in [5, 5.41) is 12.6. The van der Waals surface area contributed by atoms with Crippen molar-refractivity contribution in [1.82, 2.24) is 4.98 Å². The number of anilines is 1. The second kappa shape index (κ2) is 5.59. The van der Waals surface area contributed by atoms with Crippen LogP contribution in [0.2, 0.25) is 5.15 Å². The van der Waals surface area contributed by atoms with Gasteiger partial charge in [0.1, 0.15) is 5.75 Å². The first-order chi connectivity index (χ1) is 8.99. The summed E-state index contributed by atoms with van der Waals surface area (Å²) in [6.45, 7) is 1.81. The number of benzene rings is 1. The van der Waals surface area contributed by atoms with Crippen LogP contribution in [0.25, 0.3) is 0 Å². The van der Waals surface area contributed by atoms with Crippen LogP contribution >= 0.6 is 27.5 Å². The van der Waals surface area contributed by atoms with Gasteiger partial charge in [-0.05, 0) is 36.8 Å². The van der Waals surface area contributed by atoms with E-state index in [9.17, 15) is 9.90 Å². The van der Waals surface area contributed by atoms with E-state index in [1.54, 1.807) is 18.3 Å². The summed E-state index contributed by atoms with van der Waals surface area (Å²) in [6, 6.07) is 6.36. The Morgan fingerprint density at radius 2 is 2.16 bits per heavy atom. The Hall–Kier alpha value is -1.59. The van der Waals surface area contributed by atoms with Gasteiger partial charge in [0.15, 0.2) is 5.15 Å². The number of aromatic hydroxyl groups is 1. The largest absolute Gasteiger partial charge is 0.507 e. The van der Waals surface area contributed by atoms with E-state index in [1.807, 2.05) is 6.92 Å². The third kappa shape index (κ3) is 3.05. The van der Waals surface area contributed by atoms with Crippen molar-refractivity contribution in [3.63, 3.8) is 0 Å². The summed E-state index contributed by atoms with van der Waals surface area (Å²) in [5.74, 6) is -0.546. The van der Waals surface area contributed by atoms with Crippen molar-refractivity contribution in [2.45, 2.75) is 6.92 Å². The standard InChI is InChI=1S/C13H10BrClN2O2/c1-7-4-5-16-12(15)11(7)17-13(19)9-6-8(14)2-3-10(9)18/h2-6,18H,1H3,(H,17,19). The molecule has 0 saturated carbocycles. The van der Waals surface area contributed by atoms with Gasteiger partial charge >= 0.3 is 0 Å². The number of carbonyl (C=O) groups is 1. The maximum absolute atomic E-state index is 12.1. The molecular weight excluding hydrogens is 332 g/mol. The molecule has 0 radical (unpaired) electrons. The molecule has 0 aliphatic carbocycles. The zero-order valence-electron chi connectivity index (χ0n) is 9.95. The Morgan fingerprint density at radius 1 is 1.42 bits per heavy atom. The fourth-order valence-electron chi connectivity index (χ4n) is 1.55. The normalized spacial score (nSPS) is 10.3. The minimum atomic E-state index is -0.447. The highest BCUT2D eigenvalue weighted by Gasteiger charge is 2.14. The van der Waals surface area contributed by atoms with Crippen molar-refractivity contribution in [1.29, 1.82) is 0 Å². The highest BCUT2D eigenvalue weighted by atomic mass is 79.9. The first-order valence-corrected chi connectivity index (χ1v) is 6.57. The first-order valence-electron chi connectivity index (χ1n) is 5.40. The molecule has 19 heavy (non-hydrogen) atoms. The van der Waals surface area contributed by atoms with Crippen molar-refractivity contribution in [3.05, 3.63) is 51.2 Å². The van der Waals surface area contributed by atoms with Crippen LogP contribution in [-0.2, 0) is 0 Å². The lowest BCUT2D eigenvalue weighted by Crippen LogP contribution is -2.13. The van der Waals surface area contributed by atoms with Crippen LogP contribution in [0.1, 0.15) is 15.9 Å². The summed E-state index contributed by atoms with van der Waals surface area (Å²) in [6.07, 6.45) is 1.56. The number of phenols is 1. The lowest BCUT2D eigenvalue weighted by atomic mass is 10.1. The minimum absolute atomic E-state index is 0.0987. The molecule has 0 aliphatic heterocycles. The number of nitrogens with zero attached hydrogens (tertiary/aromatic N) is 1. The Morgan fingerprint density at radius 3 is 2.84 bits per heavy atom. The maximum atomic E-state index is 12.1. The van der Waals surface area contributed by atoms with Gasteiger partial charge in [0, 0.05) is 10.7 Å². The molecule has 0 fully saturated rings. The van der Waals surface area contributed by atoms with E-state index in [0.717, 1.165) is 5.56 Å². The molecular formula is C13H10BrClN2O2. The Bertz CT molecular complexity index is 626. The number of hydrogen-bond acceptors (Lipinski definition) is 3. The molecule has 0 saturated heterocycles. The van der Waals surface area contributed by atoms with Gasteiger partial charge in [-0.1, -0.05) is 27.5 Å². The summed E-state index contributed by atoms with van der Waals surface area (Å²) >= 11 is 9.18. The van der Waals surface area contributed by atoms with Crippen LogP contribution in [0, 0.1) is 6.92 Å². The predicted octanol–water partition coefficient (Wildman–Crippen LogP) is 3.76. The van der Waals surface area contributed by atoms with Crippen molar-refractivity contribution >= 4 is 39.1 Å². The quantitative estimate of drug-likeness (QED) is 0.818. The number of carbonyl (C=O) groups excluding carboxylic acids is 1. The number of nitrogens with one attached hydrogen (secondary N) is 1. The van der Waals surface area contributed by atoms with Crippen LogP contribution in [0.15, 0.2) is 34.9 Å². The Balaban J connectivity index is 2.34. The molecule has 0 spiro atoms. The van der Waals surface area contributed by atoms with Gasteiger partial charge in [-0.2, -0.15) is 0 Å². The Labute approximate surface area is 123 Å². The van der Waals surface area contributed by atoms with Gasteiger partial charge in [-0.15, -0.1) is 0 Å². The second-order valence-electron chi connectivity index (χ2n) is 3.91. The molecule has 4 nitrogen and oxygen atoms in total. The van der Waals surface area contributed by atoms with Gasteiger partial charge < -0.3 is 10.4 Å². The fraction of sp³-hybridized carbons (Fsp3) is 0.0769. The van der Waals surface area contributed by atoms with E-state index >= 15 is 0 Å². The molecule has 98 valence electrons. The van der Waals surface area contributed by atoms with E-state index < -0.39 is 5.91 Å². The predicted molar refractivity (Wildman–Crippen MR) is 77.7 cm³/mol. The summed E-state index contributed by atoms with van der Waals surface area (Å²) in [5.41, 5.74) is 1.39. The smallest absolute Gasteiger partial charge is 0.259 e. The number of halogens is 2. The zero-order valence-corrected chi connectivity index (χ0v) is 12.3. The fourth-order valence-corrected chi connectivity index (χ4v) is 2.16. The number of amides is 1. The van der Waals surface area contributed by atoms with Gasteiger partial charge in [-0.3, -0.25) is 4.79 Å². The van der Waals surface area contributed by atoms with Gasteiger partial charge in [0.05, 0.1) is 11.3 Å². The van der Waals surface area contributed by atoms with E-state index in [4.69, 9.17) is 11.6 Å². The molecule has 0 aliphatic rings. The second-order valence-corrected chi connectivity index (χ2v) is 5.18. The third-order valence-electron chi connectivity index (χ3n) is 2.55. The molecule has 2 N–H and O–H groups in total. The van der Waals surface area contributed by atoms with Crippen LogP contribution in [0.5, 0.6) is 5.75 Å². The molecule has 1 aromatic carbocycles. The zero-order chi connectivity index (χ0) is 14.0. The lowest BCUT2D eigenvalue weighted by molar-refractivity contribution is 0.102. The van der Waals surface area contributed by atoms with Crippen LogP contribution in [-0.4, -0.2) is 16.0 Å². The monoisotopic (exact) mass is 340 g/mol. The number of rotatable bonds is 2. The van der Waals surface area contributed by atoms with Crippen molar-refractivity contribution < 1.29 is 9.90 Å². The van der Waals surface area contributed by atoms with Gasteiger partial charge in [-0.25, -0.2) is 4.98 Å².